The first-order chi connectivity index (χ1) is 16.5. The van der Waals surface area contributed by atoms with Gasteiger partial charge >= 0.3 is 0 Å². The van der Waals surface area contributed by atoms with E-state index in [1.807, 2.05) is 6.07 Å². The van der Waals surface area contributed by atoms with Crippen molar-refractivity contribution in [3.05, 3.63) is 54.1 Å². The summed E-state index contributed by atoms with van der Waals surface area (Å²) in [6.45, 7) is 0.272. The van der Waals surface area contributed by atoms with E-state index in [1.165, 1.54) is 23.1 Å². The number of benzene rings is 2. The second-order valence-electron chi connectivity index (χ2n) is 7.41. The summed E-state index contributed by atoms with van der Waals surface area (Å²) in [5.41, 5.74) is 1.27. The van der Waals surface area contributed by atoms with Crippen molar-refractivity contribution in [2.24, 2.45) is 5.92 Å². The number of amides is 2. The molecule has 9 nitrogen and oxygen atoms in total. The normalized spacial score (nSPS) is 15.3. The molecule has 2 heterocycles. The van der Waals surface area contributed by atoms with Gasteiger partial charge < -0.3 is 19.7 Å². The molecule has 11 heteroatoms. The maximum Gasteiger partial charge on any atom is 0.231 e. The van der Waals surface area contributed by atoms with Gasteiger partial charge in [-0.05, 0) is 36.4 Å². The summed E-state index contributed by atoms with van der Waals surface area (Å²) >= 11 is 2.44. The maximum atomic E-state index is 12.7. The zero-order valence-corrected chi connectivity index (χ0v) is 20.1. The lowest BCUT2D eigenvalue weighted by atomic mass is 10.1. The number of hydrogen-bond acceptors (Lipinski definition) is 9. The molecule has 4 rings (SSSR count). The van der Waals surface area contributed by atoms with Gasteiger partial charge in [-0.25, -0.2) is 0 Å². The van der Waals surface area contributed by atoms with Gasteiger partial charge in [-0.2, -0.15) is 0 Å². The molecule has 2 amide bonds. The molecule has 34 heavy (non-hydrogen) atoms. The highest BCUT2D eigenvalue weighted by atomic mass is 32.2. The van der Waals surface area contributed by atoms with Crippen LogP contribution >= 0.6 is 23.1 Å². The lowest BCUT2D eigenvalue weighted by Crippen LogP contribution is -2.28. The van der Waals surface area contributed by atoms with E-state index in [1.54, 1.807) is 61.6 Å². The third-order valence-electron chi connectivity index (χ3n) is 5.24. The molecule has 1 N–H and O–H groups in total. The van der Waals surface area contributed by atoms with Crippen molar-refractivity contribution in [2.75, 3.05) is 36.7 Å². The Hall–Kier alpha value is -3.44. The quantitative estimate of drug-likeness (QED) is 0.271. The Balaban J connectivity index is 1.30. The Morgan fingerprint density at radius 1 is 1.12 bits per heavy atom. The highest BCUT2D eigenvalue weighted by molar-refractivity contribution is 8.01. The number of aromatic nitrogens is 2. The van der Waals surface area contributed by atoms with E-state index in [0.717, 1.165) is 0 Å². The lowest BCUT2D eigenvalue weighted by molar-refractivity contribution is -0.122. The van der Waals surface area contributed by atoms with Crippen LogP contribution in [-0.2, 0) is 9.59 Å². The van der Waals surface area contributed by atoms with Crippen LogP contribution in [-0.4, -0.2) is 54.3 Å². The van der Waals surface area contributed by atoms with Crippen molar-refractivity contribution in [3.63, 3.8) is 0 Å². The van der Waals surface area contributed by atoms with Crippen LogP contribution in [0.25, 0.3) is 0 Å². The second kappa shape index (κ2) is 10.7. The fourth-order valence-electron chi connectivity index (χ4n) is 3.42. The van der Waals surface area contributed by atoms with Crippen LogP contribution in [0.5, 0.6) is 11.5 Å². The first-order valence-corrected chi connectivity index (χ1v) is 12.2. The number of anilines is 2. The summed E-state index contributed by atoms with van der Waals surface area (Å²) < 4.78 is 10.9. The minimum atomic E-state index is -0.504. The van der Waals surface area contributed by atoms with Crippen molar-refractivity contribution < 1.29 is 23.9 Å². The molecule has 1 saturated heterocycles. The third kappa shape index (κ3) is 5.54. The Kier molecular flexibility index (Phi) is 7.43. The smallest absolute Gasteiger partial charge is 0.231 e. The Labute approximate surface area is 204 Å². The molecule has 1 aliphatic rings. The van der Waals surface area contributed by atoms with Crippen LogP contribution in [0, 0.1) is 5.92 Å². The van der Waals surface area contributed by atoms with Gasteiger partial charge in [-0.3, -0.25) is 14.4 Å². The van der Waals surface area contributed by atoms with Crippen LogP contribution in [0.4, 0.5) is 10.8 Å². The van der Waals surface area contributed by atoms with Crippen molar-refractivity contribution in [3.8, 4) is 11.5 Å². The third-order valence-corrected chi connectivity index (χ3v) is 7.21. The highest BCUT2D eigenvalue weighted by Gasteiger charge is 2.35. The number of carbonyl (C=O) groups excluding carboxylic acids is 3. The van der Waals surface area contributed by atoms with Gasteiger partial charge in [0, 0.05) is 30.3 Å². The number of nitrogens with zero attached hydrogens (tertiary/aromatic N) is 3. The van der Waals surface area contributed by atoms with E-state index in [4.69, 9.17) is 9.47 Å². The van der Waals surface area contributed by atoms with E-state index < -0.39 is 5.92 Å². The van der Waals surface area contributed by atoms with Crippen LogP contribution in [0.2, 0.25) is 0 Å². The summed E-state index contributed by atoms with van der Waals surface area (Å²) in [5.74, 6) is 0.555. The minimum Gasteiger partial charge on any atom is -0.497 e. The number of ether oxygens (including phenoxy) is 2. The maximum absolute atomic E-state index is 12.7. The number of carbonyl (C=O) groups is 3. The minimum absolute atomic E-state index is 0.0458. The zero-order valence-electron chi connectivity index (χ0n) is 18.5. The van der Waals surface area contributed by atoms with Gasteiger partial charge in [0.1, 0.15) is 11.5 Å². The molecule has 0 bridgehead atoms. The molecule has 1 aliphatic heterocycles. The number of thioether (sulfide) groups is 1. The summed E-state index contributed by atoms with van der Waals surface area (Å²) in [4.78, 5) is 39.2. The van der Waals surface area contributed by atoms with Crippen LogP contribution in [0.1, 0.15) is 16.8 Å². The fraction of sp³-hybridized carbons (Fsp3) is 0.261. The van der Waals surface area contributed by atoms with Crippen molar-refractivity contribution in [1.82, 2.24) is 10.2 Å². The molecular weight excluding hydrogens is 476 g/mol. The molecular formula is C23H22N4O5S2. The van der Waals surface area contributed by atoms with E-state index in [9.17, 15) is 14.4 Å². The number of nitrogens with one attached hydrogen (secondary N) is 1. The number of methoxy groups -OCH3 is 2. The molecule has 2 aromatic carbocycles. The van der Waals surface area contributed by atoms with E-state index >= 15 is 0 Å². The van der Waals surface area contributed by atoms with E-state index in [0.29, 0.717) is 32.2 Å². The molecule has 1 atom stereocenters. The topological polar surface area (TPSA) is 111 Å². The van der Waals surface area contributed by atoms with Crippen molar-refractivity contribution in [2.45, 2.75) is 10.8 Å². The van der Waals surface area contributed by atoms with Crippen LogP contribution in [0.3, 0.4) is 0 Å². The van der Waals surface area contributed by atoms with Gasteiger partial charge in [0.25, 0.3) is 0 Å². The molecule has 1 fully saturated rings. The first-order valence-electron chi connectivity index (χ1n) is 10.4. The molecule has 0 radical (unpaired) electrons. The lowest BCUT2D eigenvalue weighted by Gasteiger charge is -2.17. The molecule has 0 unspecified atom stereocenters. The number of hydrogen-bond donors (Lipinski definition) is 1. The average Bonchev–Trinajstić information content (AvgIpc) is 3.48. The molecule has 1 aromatic heterocycles. The number of Topliss-reactive ketones (excluding diaryl/α,β-unsaturated/α-hetero) is 1. The summed E-state index contributed by atoms with van der Waals surface area (Å²) in [6.07, 6.45) is 0.111. The molecule has 0 aliphatic carbocycles. The second-order valence-corrected chi connectivity index (χ2v) is 9.61. The zero-order chi connectivity index (χ0) is 24.1. The largest absolute Gasteiger partial charge is 0.497 e. The fourth-order valence-corrected chi connectivity index (χ4v) is 5.07. The van der Waals surface area contributed by atoms with Crippen LogP contribution in [0.15, 0.2) is 52.9 Å². The average molecular weight is 499 g/mol. The molecule has 0 saturated carbocycles. The highest BCUT2D eigenvalue weighted by Crippen LogP contribution is 2.30. The predicted molar refractivity (Wildman–Crippen MR) is 130 cm³/mol. The van der Waals surface area contributed by atoms with Crippen LogP contribution < -0.4 is 19.7 Å². The van der Waals surface area contributed by atoms with E-state index in [2.05, 4.69) is 15.5 Å². The van der Waals surface area contributed by atoms with Gasteiger partial charge in [0.2, 0.25) is 16.9 Å². The van der Waals surface area contributed by atoms with Crippen molar-refractivity contribution in [1.29, 1.82) is 0 Å². The molecule has 176 valence electrons. The summed E-state index contributed by atoms with van der Waals surface area (Å²) in [7, 11) is 3.13. The molecule has 3 aromatic rings. The Morgan fingerprint density at radius 3 is 2.62 bits per heavy atom. The Morgan fingerprint density at radius 2 is 1.88 bits per heavy atom. The molecule has 0 spiro atoms. The van der Waals surface area contributed by atoms with E-state index in [-0.39, 0.29) is 36.3 Å². The van der Waals surface area contributed by atoms with Gasteiger partial charge in [-0.15, -0.1) is 10.2 Å². The SMILES string of the molecule is COc1ccc(C(=O)CSc2nnc(NC(=O)[C@H]3CC(=O)N(c4cccc(OC)c4)C3)s2)cc1. The van der Waals surface area contributed by atoms with Gasteiger partial charge in [-0.1, -0.05) is 29.2 Å². The van der Waals surface area contributed by atoms with Gasteiger partial charge in [0.05, 0.1) is 25.9 Å². The number of rotatable bonds is 9. The standard InChI is InChI=1S/C23H22N4O5S2/c1-31-17-8-6-14(7-9-17)19(28)13-33-23-26-25-22(34-23)24-21(30)15-10-20(29)27(12-15)16-4-3-5-18(11-16)32-2/h3-9,11,15H,10,12-13H2,1-2H3,(H,24,25,30)/t15-/m0/s1. The first kappa shape index (κ1) is 23.7. The van der Waals surface area contributed by atoms with Crippen molar-refractivity contribution >= 4 is 51.5 Å². The summed E-state index contributed by atoms with van der Waals surface area (Å²) in [6, 6.07) is 14.1. The Bertz CT molecular complexity index is 1200. The van der Waals surface area contributed by atoms with Gasteiger partial charge in [0.15, 0.2) is 10.1 Å². The summed E-state index contributed by atoms with van der Waals surface area (Å²) in [5, 5.41) is 11.1. The monoisotopic (exact) mass is 498 g/mol. The predicted octanol–water partition coefficient (Wildman–Crippen LogP) is 3.52. The number of ketones is 1.